The van der Waals surface area contributed by atoms with Gasteiger partial charge in [-0.2, -0.15) is 0 Å². The molecule has 0 radical (unpaired) electrons. The van der Waals surface area contributed by atoms with E-state index in [1.807, 2.05) is 0 Å². The number of ether oxygens (including phenoxy) is 1. The zero-order valence-corrected chi connectivity index (χ0v) is 16.7. The zero-order chi connectivity index (χ0) is 20.8. The molecule has 4 fully saturated rings. The van der Waals surface area contributed by atoms with Gasteiger partial charge in [-0.15, -0.1) is 6.58 Å². The predicted octanol–water partition coefficient (Wildman–Crippen LogP) is 0.785. The third-order valence-corrected chi connectivity index (χ3v) is 7.28. The summed E-state index contributed by atoms with van der Waals surface area (Å²) in [6, 6.07) is -0.798. The number of likely N-dealkylation sites (tertiary alicyclic amines) is 1. The van der Waals surface area contributed by atoms with E-state index in [9.17, 15) is 24.6 Å². The molecule has 0 aromatic heterocycles. The fourth-order valence-corrected chi connectivity index (χ4v) is 6.17. The van der Waals surface area contributed by atoms with Crippen LogP contribution in [0.25, 0.3) is 0 Å². The Bertz CT molecular complexity index is 705. The summed E-state index contributed by atoms with van der Waals surface area (Å²) in [5.74, 6) is -3.43. The molecule has 5 atom stereocenters. The Morgan fingerprint density at radius 3 is 2.62 bits per heavy atom. The number of hydrogen-bond donors (Lipinski definition) is 2. The second-order valence-electron chi connectivity index (χ2n) is 8.72. The van der Waals surface area contributed by atoms with E-state index in [1.54, 1.807) is 11.0 Å². The second kappa shape index (κ2) is 7.72. The van der Waals surface area contributed by atoms with Crippen molar-refractivity contribution >= 4 is 17.8 Å². The highest BCUT2D eigenvalue weighted by atomic mass is 16.5. The fraction of sp³-hybridized carbons (Fsp3) is 0.762. The summed E-state index contributed by atoms with van der Waals surface area (Å²) < 4.78 is 6.16. The van der Waals surface area contributed by atoms with E-state index in [0.29, 0.717) is 19.4 Å². The van der Waals surface area contributed by atoms with Crippen LogP contribution >= 0.6 is 0 Å². The first-order chi connectivity index (χ1) is 14.0. The highest BCUT2D eigenvalue weighted by Gasteiger charge is 2.74. The Morgan fingerprint density at radius 1 is 1.28 bits per heavy atom. The molecule has 8 nitrogen and oxygen atoms in total. The number of β-amino-alcohol motifs (C(OH)–C–C–N with tert-alkyl or cyclic N) is 1. The van der Waals surface area contributed by atoms with Crippen LogP contribution in [0.5, 0.6) is 0 Å². The lowest BCUT2D eigenvalue weighted by Gasteiger charge is -2.40. The maximum Gasteiger partial charge on any atom is 0.310 e. The van der Waals surface area contributed by atoms with Crippen molar-refractivity contribution in [3.63, 3.8) is 0 Å². The molecule has 1 saturated carbocycles. The molecule has 160 valence electrons. The van der Waals surface area contributed by atoms with Crippen LogP contribution in [0.3, 0.4) is 0 Å². The van der Waals surface area contributed by atoms with Gasteiger partial charge in [-0.05, 0) is 25.7 Å². The number of aliphatic carboxylic acids is 1. The number of hydrogen-bond acceptors (Lipinski definition) is 5. The van der Waals surface area contributed by atoms with E-state index in [-0.39, 0.29) is 31.0 Å². The molecule has 2 bridgehead atoms. The number of carboxylic acid groups (broad SMARTS) is 1. The molecule has 4 rings (SSSR count). The van der Waals surface area contributed by atoms with Gasteiger partial charge in [-0.25, -0.2) is 0 Å². The van der Waals surface area contributed by atoms with Gasteiger partial charge in [0.05, 0.1) is 24.5 Å². The lowest BCUT2D eigenvalue weighted by atomic mass is 9.70. The number of aliphatic hydroxyl groups excluding tert-OH is 1. The summed E-state index contributed by atoms with van der Waals surface area (Å²) >= 11 is 0. The van der Waals surface area contributed by atoms with Crippen LogP contribution in [-0.2, 0) is 19.1 Å². The lowest BCUT2D eigenvalue weighted by molar-refractivity contribution is -0.152. The van der Waals surface area contributed by atoms with Crippen molar-refractivity contribution in [3.05, 3.63) is 12.7 Å². The van der Waals surface area contributed by atoms with Gasteiger partial charge in [-0.1, -0.05) is 25.3 Å². The van der Waals surface area contributed by atoms with Crippen molar-refractivity contribution < 1.29 is 29.3 Å². The van der Waals surface area contributed by atoms with Crippen LogP contribution in [0.4, 0.5) is 0 Å². The predicted molar refractivity (Wildman–Crippen MR) is 103 cm³/mol. The number of carbonyl (C=O) groups is 3. The van der Waals surface area contributed by atoms with Crippen LogP contribution in [0.15, 0.2) is 12.7 Å². The topological polar surface area (TPSA) is 107 Å². The molecule has 0 aromatic rings. The summed E-state index contributed by atoms with van der Waals surface area (Å²) in [5, 5.41) is 19.3. The quantitative estimate of drug-likeness (QED) is 0.605. The molecule has 1 aliphatic carbocycles. The highest BCUT2D eigenvalue weighted by Crippen LogP contribution is 2.58. The molecule has 1 spiro atoms. The average Bonchev–Trinajstić information content (AvgIpc) is 3.35. The normalized spacial score (nSPS) is 36.3. The number of rotatable bonds is 7. The maximum atomic E-state index is 13.8. The number of carbonyl (C=O) groups excluding carboxylic acids is 2. The molecule has 8 heteroatoms. The number of fused-ring (bicyclic) bond motifs is 1. The van der Waals surface area contributed by atoms with Crippen LogP contribution in [0.2, 0.25) is 0 Å². The molecule has 2 amide bonds. The van der Waals surface area contributed by atoms with E-state index < -0.39 is 35.6 Å². The molecular weight excluding hydrogens is 376 g/mol. The van der Waals surface area contributed by atoms with Crippen molar-refractivity contribution in [3.8, 4) is 0 Å². The summed E-state index contributed by atoms with van der Waals surface area (Å²) in [5.41, 5.74) is -1.11. The summed E-state index contributed by atoms with van der Waals surface area (Å²) in [6.45, 7) is 3.89. The van der Waals surface area contributed by atoms with Gasteiger partial charge in [-0.3, -0.25) is 14.4 Å². The highest BCUT2D eigenvalue weighted by molar-refractivity contribution is 5.98. The molecule has 0 unspecified atom stereocenters. The fourth-order valence-electron chi connectivity index (χ4n) is 6.17. The average molecular weight is 406 g/mol. The van der Waals surface area contributed by atoms with Gasteiger partial charge < -0.3 is 24.7 Å². The van der Waals surface area contributed by atoms with Crippen molar-refractivity contribution in [2.24, 2.45) is 11.8 Å². The molecule has 29 heavy (non-hydrogen) atoms. The maximum absolute atomic E-state index is 13.8. The number of amides is 2. The van der Waals surface area contributed by atoms with Crippen molar-refractivity contribution in [1.29, 1.82) is 0 Å². The van der Waals surface area contributed by atoms with Gasteiger partial charge in [0.1, 0.15) is 11.6 Å². The van der Waals surface area contributed by atoms with Crippen molar-refractivity contribution in [1.82, 2.24) is 9.80 Å². The van der Waals surface area contributed by atoms with Crippen molar-refractivity contribution in [2.45, 2.75) is 68.7 Å². The molecule has 4 aliphatic rings. The number of nitrogens with zero attached hydrogens (tertiary/aromatic N) is 2. The van der Waals surface area contributed by atoms with E-state index >= 15 is 0 Å². The van der Waals surface area contributed by atoms with E-state index in [4.69, 9.17) is 4.74 Å². The minimum absolute atomic E-state index is 0.000448. The monoisotopic (exact) mass is 406 g/mol. The van der Waals surface area contributed by atoms with Crippen LogP contribution in [0, 0.1) is 11.8 Å². The van der Waals surface area contributed by atoms with E-state index in [0.717, 1.165) is 32.1 Å². The summed E-state index contributed by atoms with van der Waals surface area (Å²) in [4.78, 5) is 42.1. The molecule has 2 N–H and O–H groups in total. The Labute approximate surface area is 170 Å². The van der Waals surface area contributed by atoms with Gasteiger partial charge in [0.2, 0.25) is 11.8 Å². The van der Waals surface area contributed by atoms with Crippen LogP contribution < -0.4 is 0 Å². The first kappa shape index (κ1) is 20.3. The number of aliphatic hydroxyl groups is 1. The third-order valence-electron chi connectivity index (χ3n) is 7.28. The van der Waals surface area contributed by atoms with Crippen LogP contribution in [0.1, 0.15) is 44.9 Å². The van der Waals surface area contributed by atoms with E-state index in [2.05, 4.69) is 6.58 Å². The van der Waals surface area contributed by atoms with Gasteiger partial charge in [0, 0.05) is 19.1 Å². The zero-order valence-electron chi connectivity index (χ0n) is 16.7. The van der Waals surface area contributed by atoms with Crippen LogP contribution in [-0.4, -0.2) is 81.3 Å². The molecule has 3 aliphatic heterocycles. The summed E-state index contributed by atoms with van der Waals surface area (Å²) in [6.07, 6.45) is 7.28. The van der Waals surface area contributed by atoms with E-state index in [1.165, 1.54) is 4.90 Å². The second-order valence-corrected chi connectivity index (χ2v) is 8.72. The minimum atomic E-state index is -1.11. The van der Waals surface area contributed by atoms with Gasteiger partial charge in [0.25, 0.3) is 0 Å². The minimum Gasteiger partial charge on any atom is -0.481 e. The molecule has 0 aromatic carbocycles. The van der Waals surface area contributed by atoms with Crippen molar-refractivity contribution in [2.75, 3.05) is 19.7 Å². The Kier molecular flexibility index (Phi) is 5.42. The SMILES string of the molecule is C=CCN(C(=O)[C@@H]1N(CCO)C(=O)[C@H]2[C@H](C(=O)O)[C@@H]3CC[C@]12O3)C1CCCCC1. The molecule has 3 saturated heterocycles. The molecule has 3 heterocycles. The summed E-state index contributed by atoms with van der Waals surface area (Å²) in [7, 11) is 0. The lowest BCUT2D eigenvalue weighted by Crippen LogP contribution is -2.58. The standard InChI is InChI=1S/C21H30N2O6/c1-2-10-22(13-6-4-3-5-7-13)19(26)17-21-9-8-14(29-21)15(20(27)28)16(21)18(25)23(17)11-12-24/h2,13-17,24H,1,3-12H2,(H,27,28)/t14-,15+,16+,17-,21+/m0/s1. The first-order valence-corrected chi connectivity index (χ1v) is 10.7. The van der Waals surface area contributed by atoms with Gasteiger partial charge >= 0.3 is 5.97 Å². The Balaban J connectivity index is 1.71. The van der Waals surface area contributed by atoms with Gasteiger partial charge in [0.15, 0.2) is 0 Å². The number of carboxylic acids is 1. The first-order valence-electron chi connectivity index (χ1n) is 10.7. The largest absolute Gasteiger partial charge is 0.481 e. The molecular formula is C21H30N2O6. The Hall–Kier alpha value is -1.93. The third kappa shape index (κ3) is 2.99. The smallest absolute Gasteiger partial charge is 0.310 e. The Morgan fingerprint density at radius 2 is 2.00 bits per heavy atom.